The first-order valence-electron chi connectivity index (χ1n) is 14.6. The van der Waals surface area contributed by atoms with Crippen molar-refractivity contribution in [1.82, 2.24) is 44.8 Å². The van der Waals surface area contributed by atoms with Gasteiger partial charge in [0.05, 0.1) is 12.1 Å². The number of urea groups is 2. The summed E-state index contributed by atoms with van der Waals surface area (Å²) < 4.78 is 3.85. The molecule has 1 aliphatic heterocycles. The van der Waals surface area contributed by atoms with Gasteiger partial charge in [-0.3, -0.25) is 14.9 Å². The van der Waals surface area contributed by atoms with Gasteiger partial charge in [0.2, 0.25) is 0 Å². The molecule has 0 bridgehead atoms. The third-order valence-electron chi connectivity index (χ3n) is 7.92. The summed E-state index contributed by atoms with van der Waals surface area (Å²) in [5, 5.41) is 18.7. The highest BCUT2D eigenvalue weighted by Crippen LogP contribution is 2.33. The van der Waals surface area contributed by atoms with E-state index in [0.29, 0.717) is 12.4 Å². The average molecular weight is 581 g/mol. The maximum absolute atomic E-state index is 12.3. The quantitative estimate of drug-likeness (QED) is 0.258. The second-order valence-electron chi connectivity index (χ2n) is 10.7. The molecule has 1 saturated heterocycles. The van der Waals surface area contributed by atoms with Crippen molar-refractivity contribution in [3.63, 3.8) is 0 Å². The van der Waals surface area contributed by atoms with Crippen molar-refractivity contribution in [2.45, 2.75) is 19.4 Å². The van der Waals surface area contributed by atoms with E-state index < -0.39 is 0 Å². The molecule has 5 aromatic rings. The lowest BCUT2D eigenvalue weighted by molar-refractivity contribution is 0.140. The van der Waals surface area contributed by atoms with Crippen LogP contribution in [0, 0.1) is 0 Å². The summed E-state index contributed by atoms with van der Waals surface area (Å²) in [6, 6.07) is 18.3. The summed E-state index contributed by atoms with van der Waals surface area (Å²) in [6.45, 7) is 4.77. The molecule has 0 aliphatic carbocycles. The van der Waals surface area contributed by atoms with Gasteiger partial charge in [0.25, 0.3) is 0 Å². The fourth-order valence-corrected chi connectivity index (χ4v) is 5.67. The Labute approximate surface area is 249 Å². The van der Waals surface area contributed by atoms with Crippen LogP contribution < -0.4 is 16.0 Å². The van der Waals surface area contributed by atoms with E-state index in [9.17, 15) is 9.59 Å². The molecular formula is C31H36N10O2. The van der Waals surface area contributed by atoms with Crippen LogP contribution in [0.2, 0.25) is 0 Å². The molecule has 12 nitrogen and oxygen atoms in total. The lowest BCUT2D eigenvalue weighted by Crippen LogP contribution is -2.51. The number of benzene rings is 2. The number of hydrogen-bond acceptors (Lipinski definition) is 6. The van der Waals surface area contributed by atoms with Gasteiger partial charge in [-0.2, -0.15) is 10.2 Å². The number of carbonyl (C=O) groups excluding carboxylic acids is 2. The molecule has 222 valence electrons. The van der Waals surface area contributed by atoms with E-state index in [2.05, 4.69) is 73.5 Å². The van der Waals surface area contributed by atoms with Gasteiger partial charge in [-0.15, -0.1) is 0 Å². The van der Waals surface area contributed by atoms with Crippen molar-refractivity contribution >= 4 is 34.3 Å². The number of aromatic nitrogens is 5. The van der Waals surface area contributed by atoms with Crippen molar-refractivity contribution in [2.75, 3.05) is 52.1 Å². The van der Waals surface area contributed by atoms with E-state index in [4.69, 9.17) is 5.10 Å². The first-order valence-corrected chi connectivity index (χ1v) is 14.6. The molecule has 6 rings (SSSR count). The average Bonchev–Trinajstić information content (AvgIpc) is 3.62. The highest BCUT2D eigenvalue weighted by atomic mass is 16.2. The zero-order valence-electron chi connectivity index (χ0n) is 24.5. The summed E-state index contributed by atoms with van der Waals surface area (Å²) in [5.41, 5.74) is 5.76. The SMILES string of the molecule is CNC(=O)Nc1ncnn2c(CCCN3CCN(C(=O)NC)CC3)cc(-c3ccc4cn(Cc5ccccc5)nc4c3)c12. The zero-order valence-corrected chi connectivity index (χ0v) is 24.5. The maximum atomic E-state index is 12.3. The van der Waals surface area contributed by atoms with Crippen molar-refractivity contribution < 1.29 is 9.59 Å². The number of amides is 4. The van der Waals surface area contributed by atoms with Crippen LogP contribution in [-0.2, 0) is 13.0 Å². The van der Waals surface area contributed by atoms with E-state index >= 15 is 0 Å². The molecule has 4 heterocycles. The number of rotatable bonds is 8. The standard InChI is InChI=1S/C31H36N10O2/c1-32-30(42)36-29-28-26(23-10-11-24-20-40(37-27(24)17-23)19-22-7-4-3-5-8-22)18-25(41(28)35-21-34-29)9-6-12-38-13-15-39(16-14-38)31(43)33-2/h3-5,7-8,10-11,17-18,20-21H,6,9,12-16,19H2,1-2H3,(H,33,43)(H2,32,34,35,36,42). The number of aryl methyl sites for hydroxylation is 1. The van der Waals surface area contributed by atoms with Gasteiger partial charge in [0.15, 0.2) is 5.82 Å². The minimum Gasteiger partial charge on any atom is -0.341 e. The van der Waals surface area contributed by atoms with Gasteiger partial charge in [0.1, 0.15) is 11.8 Å². The summed E-state index contributed by atoms with van der Waals surface area (Å²) >= 11 is 0. The van der Waals surface area contributed by atoms with Crippen molar-refractivity contribution in [3.8, 4) is 11.1 Å². The highest BCUT2D eigenvalue weighted by molar-refractivity contribution is 5.98. The minimum absolute atomic E-state index is 0.0196. The Hall–Kier alpha value is -4.97. The number of piperazine rings is 1. The molecule has 3 aromatic heterocycles. The number of carbonyl (C=O) groups is 2. The predicted molar refractivity (Wildman–Crippen MR) is 166 cm³/mol. The van der Waals surface area contributed by atoms with Crippen molar-refractivity contribution in [1.29, 1.82) is 0 Å². The third-order valence-corrected chi connectivity index (χ3v) is 7.92. The van der Waals surface area contributed by atoms with Crippen LogP contribution in [0.15, 0.2) is 67.1 Å². The Morgan fingerprint density at radius 2 is 1.77 bits per heavy atom. The number of hydrogen-bond donors (Lipinski definition) is 3. The molecule has 43 heavy (non-hydrogen) atoms. The second kappa shape index (κ2) is 12.5. The Balaban J connectivity index is 1.26. The van der Waals surface area contributed by atoms with E-state index in [1.165, 1.54) is 11.9 Å². The molecule has 4 amide bonds. The van der Waals surface area contributed by atoms with Crippen LogP contribution in [0.5, 0.6) is 0 Å². The van der Waals surface area contributed by atoms with Crippen LogP contribution >= 0.6 is 0 Å². The molecule has 1 aliphatic rings. The molecule has 1 fully saturated rings. The maximum Gasteiger partial charge on any atom is 0.320 e. The van der Waals surface area contributed by atoms with Gasteiger partial charge in [-0.05, 0) is 42.6 Å². The predicted octanol–water partition coefficient (Wildman–Crippen LogP) is 3.44. The molecule has 3 N–H and O–H groups in total. The Kier molecular flexibility index (Phi) is 8.18. The van der Waals surface area contributed by atoms with Crippen LogP contribution in [0.4, 0.5) is 15.4 Å². The van der Waals surface area contributed by atoms with E-state index in [1.54, 1.807) is 14.1 Å². The lowest BCUT2D eigenvalue weighted by atomic mass is 10.0. The largest absolute Gasteiger partial charge is 0.341 e. The van der Waals surface area contributed by atoms with Gasteiger partial charge in [0, 0.05) is 63.1 Å². The van der Waals surface area contributed by atoms with Crippen molar-refractivity contribution in [2.24, 2.45) is 0 Å². The molecule has 0 atom stereocenters. The van der Waals surface area contributed by atoms with Crippen LogP contribution in [0.1, 0.15) is 17.7 Å². The van der Waals surface area contributed by atoms with Crippen LogP contribution in [0.3, 0.4) is 0 Å². The zero-order chi connectivity index (χ0) is 29.8. The third kappa shape index (κ3) is 6.14. The van der Waals surface area contributed by atoms with Crippen LogP contribution in [-0.4, -0.2) is 93.1 Å². The molecule has 0 radical (unpaired) electrons. The summed E-state index contributed by atoms with van der Waals surface area (Å²) in [6.07, 6.45) is 5.25. The summed E-state index contributed by atoms with van der Waals surface area (Å²) in [4.78, 5) is 32.9. The summed E-state index contributed by atoms with van der Waals surface area (Å²) in [7, 11) is 3.24. The second-order valence-corrected chi connectivity index (χ2v) is 10.7. The van der Waals surface area contributed by atoms with E-state index in [0.717, 1.165) is 78.8 Å². The van der Waals surface area contributed by atoms with E-state index in [-0.39, 0.29) is 12.1 Å². The van der Waals surface area contributed by atoms with Crippen LogP contribution in [0.25, 0.3) is 27.5 Å². The molecule has 0 saturated carbocycles. The first kappa shape index (κ1) is 28.2. The Morgan fingerprint density at radius 3 is 2.53 bits per heavy atom. The Morgan fingerprint density at radius 1 is 0.953 bits per heavy atom. The minimum atomic E-state index is -0.347. The molecule has 12 heteroatoms. The lowest BCUT2D eigenvalue weighted by Gasteiger charge is -2.34. The monoisotopic (exact) mass is 580 g/mol. The van der Waals surface area contributed by atoms with Gasteiger partial charge >= 0.3 is 12.1 Å². The number of nitrogens with one attached hydrogen (secondary N) is 3. The normalized spacial score (nSPS) is 13.9. The molecule has 0 spiro atoms. The van der Waals surface area contributed by atoms with Gasteiger partial charge in [-0.25, -0.2) is 19.1 Å². The highest BCUT2D eigenvalue weighted by Gasteiger charge is 2.21. The van der Waals surface area contributed by atoms with Gasteiger partial charge < -0.3 is 15.5 Å². The molecule has 2 aromatic carbocycles. The number of fused-ring (bicyclic) bond motifs is 2. The molecule has 0 unspecified atom stereocenters. The Bertz CT molecular complexity index is 1740. The van der Waals surface area contributed by atoms with E-state index in [1.807, 2.05) is 32.3 Å². The fraction of sp³-hybridized carbons (Fsp3) is 0.323. The fourth-order valence-electron chi connectivity index (χ4n) is 5.67. The number of anilines is 1. The van der Waals surface area contributed by atoms with Gasteiger partial charge in [-0.1, -0.05) is 42.5 Å². The topological polar surface area (TPSA) is 125 Å². The van der Waals surface area contributed by atoms with Crippen molar-refractivity contribution in [3.05, 3.63) is 78.4 Å². The first-order chi connectivity index (χ1) is 21.0. The molecular weight excluding hydrogens is 544 g/mol. The smallest absolute Gasteiger partial charge is 0.320 e. The summed E-state index contributed by atoms with van der Waals surface area (Å²) in [5.74, 6) is 0.440. The number of nitrogens with zero attached hydrogens (tertiary/aromatic N) is 7.